The van der Waals surface area contributed by atoms with Gasteiger partial charge in [-0.2, -0.15) is 0 Å². The monoisotopic (exact) mass is 330 g/mol. The number of carbonyl (C=O) groups excluding carboxylic acids is 1. The number of thiophene rings is 1. The third-order valence-corrected chi connectivity index (χ3v) is 6.01. The lowest BCUT2D eigenvalue weighted by Crippen LogP contribution is -2.17. The Hall–Kier alpha value is -1.69. The first-order chi connectivity index (χ1) is 11.1. The molecule has 5 atom stereocenters. The Morgan fingerprint density at radius 1 is 1.35 bits per heavy atom. The lowest BCUT2D eigenvalue weighted by atomic mass is 9.91. The molecule has 2 fully saturated rings. The molecule has 1 saturated carbocycles. The van der Waals surface area contributed by atoms with E-state index < -0.39 is 12.2 Å². The van der Waals surface area contributed by atoms with Crippen molar-refractivity contribution in [3.05, 3.63) is 47.4 Å². The fraction of sp³-hybridized carbons (Fsp3) is 0.389. The summed E-state index contributed by atoms with van der Waals surface area (Å²) < 4.78 is 6.37. The number of rotatable bonds is 3. The highest BCUT2D eigenvalue weighted by Gasteiger charge is 2.48. The highest BCUT2D eigenvalue weighted by atomic mass is 32.1. The molecule has 1 aromatic carbocycles. The van der Waals surface area contributed by atoms with E-state index in [-0.39, 0.29) is 23.9 Å². The number of esters is 1. The number of benzene rings is 1. The Labute approximate surface area is 138 Å². The van der Waals surface area contributed by atoms with E-state index in [2.05, 4.69) is 0 Å². The highest BCUT2D eigenvalue weighted by Crippen LogP contribution is 2.42. The summed E-state index contributed by atoms with van der Waals surface area (Å²) >= 11 is 1.57. The van der Waals surface area contributed by atoms with Gasteiger partial charge in [0, 0.05) is 27.8 Å². The van der Waals surface area contributed by atoms with Crippen molar-refractivity contribution in [2.24, 2.45) is 11.8 Å². The van der Waals surface area contributed by atoms with E-state index >= 15 is 0 Å². The molecule has 4 rings (SSSR count). The lowest BCUT2D eigenvalue weighted by molar-refractivity contribution is -0.141. The molecule has 5 heteroatoms. The van der Waals surface area contributed by atoms with Crippen molar-refractivity contribution >= 4 is 27.4 Å². The lowest BCUT2D eigenvalue weighted by Gasteiger charge is -2.15. The number of ether oxygens (including phenoxy) is 1. The van der Waals surface area contributed by atoms with Gasteiger partial charge in [-0.3, -0.25) is 4.79 Å². The van der Waals surface area contributed by atoms with Gasteiger partial charge in [-0.05, 0) is 17.5 Å². The minimum atomic E-state index is -0.698. The zero-order valence-corrected chi connectivity index (χ0v) is 13.3. The van der Waals surface area contributed by atoms with E-state index in [0.29, 0.717) is 12.8 Å². The molecule has 2 aromatic rings. The van der Waals surface area contributed by atoms with Crippen LogP contribution in [0.3, 0.4) is 0 Å². The number of fused-ring (bicyclic) bond motifs is 2. The predicted octanol–water partition coefficient (Wildman–Crippen LogP) is 2.80. The fourth-order valence-electron chi connectivity index (χ4n) is 3.66. The molecule has 0 radical (unpaired) electrons. The number of aliphatic hydroxyl groups is 2. The largest absolute Gasteiger partial charge is 0.462 e. The Kier molecular flexibility index (Phi) is 3.71. The van der Waals surface area contributed by atoms with Crippen LogP contribution >= 0.6 is 11.3 Å². The van der Waals surface area contributed by atoms with E-state index in [1.165, 1.54) is 0 Å². The summed E-state index contributed by atoms with van der Waals surface area (Å²) in [4.78, 5) is 12.3. The second-order valence-electron chi connectivity index (χ2n) is 6.29. The molecule has 1 aliphatic carbocycles. The quantitative estimate of drug-likeness (QED) is 0.671. The average Bonchev–Trinajstić information content (AvgIpc) is 3.17. The second kappa shape index (κ2) is 5.74. The summed E-state index contributed by atoms with van der Waals surface area (Å²) in [5.41, 5.74) is 0. The first-order valence-corrected chi connectivity index (χ1v) is 8.66. The minimum Gasteiger partial charge on any atom is -0.462 e. The van der Waals surface area contributed by atoms with Gasteiger partial charge in [0.05, 0.1) is 12.5 Å². The molecule has 2 N–H and O–H groups in total. The molecule has 1 aliphatic heterocycles. The first kappa shape index (κ1) is 14.9. The third-order valence-electron chi connectivity index (χ3n) is 4.83. The molecule has 1 aromatic heterocycles. The maximum Gasteiger partial charge on any atom is 0.306 e. The minimum absolute atomic E-state index is 0.0309. The van der Waals surface area contributed by atoms with Gasteiger partial charge in [0.1, 0.15) is 12.2 Å². The van der Waals surface area contributed by atoms with Crippen molar-refractivity contribution in [3.8, 4) is 0 Å². The van der Waals surface area contributed by atoms with E-state index in [4.69, 9.17) is 4.74 Å². The number of hydrogen-bond donors (Lipinski definition) is 2. The van der Waals surface area contributed by atoms with Gasteiger partial charge in [-0.15, -0.1) is 11.3 Å². The maximum absolute atomic E-state index is 11.4. The average molecular weight is 330 g/mol. The Balaban J connectivity index is 1.52. The van der Waals surface area contributed by atoms with Gasteiger partial charge in [-0.1, -0.05) is 30.4 Å². The van der Waals surface area contributed by atoms with Crippen LogP contribution in [0.2, 0.25) is 0 Å². The number of aliphatic hydroxyl groups excluding tert-OH is 2. The number of carbonyl (C=O) groups is 1. The van der Waals surface area contributed by atoms with Crippen LogP contribution in [0, 0.1) is 11.8 Å². The molecule has 0 spiro atoms. The van der Waals surface area contributed by atoms with Gasteiger partial charge in [0.25, 0.3) is 0 Å². The van der Waals surface area contributed by atoms with E-state index in [1.807, 2.05) is 36.4 Å². The molecular formula is C18H18O4S. The van der Waals surface area contributed by atoms with Crippen molar-refractivity contribution in [2.75, 3.05) is 0 Å². The van der Waals surface area contributed by atoms with Crippen molar-refractivity contribution in [1.82, 2.24) is 0 Å². The van der Waals surface area contributed by atoms with Gasteiger partial charge in [0.2, 0.25) is 0 Å². The SMILES string of the molecule is O=C1C[C@@H]2[C@@H](/C=C/[C@@H](O)c3cc4ccccc4s3)[C@H](O)C[C@@H]2O1. The summed E-state index contributed by atoms with van der Waals surface area (Å²) in [5.74, 6) is -0.283. The van der Waals surface area contributed by atoms with Crippen LogP contribution in [0.25, 0.3) is 10.1 Å². The second-order valence-corrected chi connectivity index (χ2v) is 7.41. The van der Waals surface area contributed by atoms with Gasteiger partial charge in [-0.25, -0.2) is 0 Å². The van der Waals surface area contributed by atoms with Gasteiger partial charge in [0.15, 0.2) is 0 Å². The Bertz CT molecular complexity index is 732. The van der Waals surface area contributed by atoms with Crippen LogP contribution in [0.1, 0.15) is 23.8 Å². The molecule has 0 unspecified atom stereocenters. The zero-order valence-electron chi connectivity index (χ0n) is 12.5. The van der Waals surface area contributed by atoms with Crippen LogP contribution in [0.5, 0.6) is 0 Å². The summed E-state index contributed by atoms with van der Waals surface area (Å²) in [5, 5.41) is 21.7. The molecule has 23 heavy (non-hydrogen) atoms. The molecule has 4 nitrogen and oxygen atoms in total. The maximum atomic E-state index is 11.4. The van der Waals surface area contributed by atoms with Crippen molar-refractivity contribution < 1.29 is 19.7 Å². The van der Waals surface area contributed by atoms with Gasteiger partial charge < -0.3 is 14.9 Å². The predicted molar refractivity (Wildman–Crippen MR) is 88.0 cm³/mol. The van der Waals surface area contributed by atoms with Crippen LogP contribution in [0.4, 0.5) is 0 Å². The molecular weight excluding hydrogens is 312 g/mol. The number of hydrogen-bond acceptors (Lipinski definition) is 5. The van der Waals surface area contributed by atoms with Crippen LogP contribution in [-0.4, -0.2) is 28.4 Å². The Morgan fingerprint density at radius 2 is 2.17 bits per heavy atom. The third kappa shape index (κ3) is 2.69. The zero-order chi connectivity index (χ0) is 16.0. The molecule has 0 bridgehead atoms. The molecule has 2 aliphatic rings. The van der Waals surface area contributed by atoms with Crippen molar-refractivity contribution in [1.29, 1.82) is 0 Å². The first-order valence-electron chi connectivity index (χ1n) is 7.84. The summed E-state index contributed by atoms with van der Waals surface area (Å²) in [6.07, 6.45) is 3.05. The topological polar surface area (TPSA) is 66.8 Å². The normalized spacial score (nSPS) is 31.7. The Morgan fingerprint density at radius 3 is 3.00 bits per heavy atom. The summed E-state index contributed by atoms with van der Waals surface area (Å²) in [7, 11) is 0. The van der Waals surface area contributed by atoms with Crippen LogP contribution in [-0.2, 0) is 9.53 Å². The standard InChI is InChI=1S/C18H18O4S/c19-13(17-7-10-3-1-2-4-16(10)23-17)6-5-11-12-8-18(21)22-15(12)9-14(11)20/h1-7,11-15,19-20H,8-9H2/b6-5+/t11-,12-,13-,14-,15+/m1/s1. The molecule has 2 heterocycles. The summed E-state index contributed by atoms with van der Waals surface area (Å²) in [6.45, 7) is 0. The van der Waals surface area contributed by atoms with E-state index in [1.54, 1.807) is 17.4 Å². The molecule has 120 valence electrons. The summed E-state index contributed by atoms with van der Waals surface area (Å²) in [6, 6.07) is 10.0. The van der Waals surface area contributed by atoms with E-state index in [9.17, 15) is 15.0 Å². The van der Waals surface area contributed by atoms with Crippen molar-refractivity contribution in [2.45, 2.75) is 31.2 Å². The molecule has 1 saturated heterocycles. The molecule has 0 amide bonds. The van der Waals surface area contributed by atoms with Gasteiger partial charge >= 0.3 is 5.97 Å². The fourth-order valence-corrected chi connectivity index (χ4v) is 4.69. The van der Waals surface area contributed by atoms with Crippen molar-refractivity contribution in [3.63, 3.8) is 0 Å². The van der Waals surface area contributed by atoms with Crippen LogP contribution < -0.4 is 0 Å². The smallest absolute Gasteiger partial charge is 0.306 e. The van der Waals surface area contributed by atoms with Crippen LogP contribution in [0.15, 0.2) is 42.5 Å². The van der Waals surface area contributed by atoms with E-state index in [0.717, 1.165) is 15.0 Å². The highest BCUT2D eigenvalue weighted by molar-refractivity contribution is 7.19.